The molecule has 1 fully saturated rings. The number of carbonyl (C=O) groups is 1. The molecule has 0 saturated carbocycles. The zero-order valence-corrected chi connectivity index (χ0v) is 13.7. The molecule has 5 nitrogen and oxygen atoms in total. The Balaban J connectivity index is 1.72. The summed E-state index contributed by atoms with van der Waals surface area (Å²) >= 11 is 0. The van der Waals surface area contributed by atoms with E-state index in [9.17, 15) is 4.79 Å². The molecule has 2 heterocycles. The second-order valence-electron chi connectivity index (χ2n) is 6.06. The van der Waals surface area contributed by atoms with E-state index in [1.54, 1.807) is 12.1 Å². The first kappa shape index (κ1) is 15.5. The topological polar surface area (TPSA) is 55.3 Å². The van der Waals surface area contributed by atoms with Gasteiger partial charge in [-0.3, -0.25) is 4.79 Å². The number of aromatic nitrogens is 2. The van der Waals surface area contributed by atoms with Gasteiger partial charge in [0, 0.05) is 25.1 Å². The fourth-order valence-electron chi connectivity index (χ4n) is 3.19. The first-order valence-corrected chi connectivity index (χ1v) is 7.82. The molecule has 0 bridgehead atoms. The van der Waals surface area contributed by atoms with Gasteiger partial charge in [0.2, 0.25) is 5.88 Å². The summed E-state index contributed by atoms with van der Waals surface area (Å²) in [6, 6.07) is 9.86. The van der Waals surface area contributed by atoms with Gasteiger partial charge in [-0.25, -0.2) is 0 Å². The molecule has 0 radical (unpaired) electrons. The zero-order valence-electron chi connectivity index (χ0n) is 13.7. The van der Waals surface area contributed by atoms with Gasteiger partial charge in [-0.2, -0.15) is 0 Å². The Kier molecular flexibility index (Phi) is 4.28. The number of benzene rings is 1. The predicted octanol–water partition coefficient (Wildman–Crippen LogP) is 2.73. The Morgan fingerprint density at radius 3 is 2.70 bits per heavy atom. The minimum absolute atomic E-state index is 0.0626. The van der Waals surface area contributed by atoms with Crippen LogP contribution in [-0.4, -0.2) is 41.2 Å². The van der Waals surface area contributed by atoms with Gasteiger partial charge < -0.3 is 9.64 Å². The number of carbonyl (C=O) groups excluding carboxylic acids is 1. The molecule has 3 rings (SSSR count). The van der Waals surface area contributed by atoms with Crippen molar-refractivity contribution in [1.82, 2.24) is 15.1 Å². The largest absolute Gasteiger partial charge is 0.480 e. The van der Waals surface area contributed by atoms with Crippen molar-refractivity contribution >= 4 is 5.91 Å². The third-order valence-electron chi connectivity index (χ3n) is 4.41. The minimum atomic E-state index is -0.0626. The standard InChI is InChI=1S/C18H21N3O2/c1-12-4-5-15(13(2)10-12)14-8-9-21(11-14)18(22)16-6-7-17(23-3)20-19-16/h4-7,10,14H,8-9,11H2,1-3H3/t14-/m0/s1. The second-order valence-corrected chi connectivity index (χ2v) is 6.06. The third-order valence-corrected chi connectivity index (χ3v) is 4.41. The molecule has 1 atom stereocenters. The Morgan fingerprint density at radius 1 is 1.22 bits per heavy atom. The number of rotatable bonds is 3. The highest BCUT2D eigenvalue weighted by Crippen LogP contribution is 2.30. The van der Waals surface area contributed by atoms with Gasteiger partial charge in [0.05, 0.1) is 7.11 Å². The van der Waals surface area contributed by atoms with Crippen molar-refractivity contribution in [3.05, 3.63) is 52.7 Å². The fourth-order valence-corrected chi connectivity index (χ4v) is 3.19. The van der Waals surface area contributed by atoms with Crippen molar-refractivity contribution in [2.24, 2.45) is 0 Å². The first-order valence-electron chi connectivity index (χ1n) is 7.82. The van der Waals surface area contributed by atoms with Gasteiger partial charge >= 0.3 is 0 Å². The Labute approximate surface area is 136 Å². The molecule has 23 heavy (non-hydrogen) atoms. The van der Waals surface area contributed by atoms with E-state index in [0.717, 1.165) is 19.5 Å². The summed E-state index contributed by atoms with van der Waals surface area (Å²) in [7, 11) is 1.53. The minimum Gasteiger partial charge on any atom is -0.480 e. The van der Waals surface area contributed by atoms with Crippen LogP contribution in [-0.2, 0) is 0 Å². The summed E-state index contributed by atoms with van der Waals surface area (Å²) in [5, 5.41) is 7.83. The summed E-state index contributed by atoms with van der Waals surface area (Å²) < 4.78 is 4.97. The molecule has 0 spiro atoms. The molecular formula is C18H21N3O2. The van der Waals surface area contributed by atoms with Crippen LogP contribution in [0, 0.1) is 13.8 Å². The lowest BCUT2D eigenvalue weighted by Crippen LogP contribution is -2.29. The number of ether oxygens (including phenoxy) is 1. The van der Waals surface area contributed by atoms with Gasteiger partial charge in [-0.15, -0.1) is 10.2 Å². The molecule has 1 aromatic carbocycles. The van der Waals surface area contributed by atoms with E-state index in [-0.39, 0.29) is 5.91 Å². The lowest BCUT2D eigenvalue weighted by molar-refractivity contribution is 0.0783. The van der Waals surface area contributed by atoms with Crippen LogP contribution in [0.1, 0.15) is 39.5 Å². The number of aryl methyl sites for hydroxylation is 2. The molecule has 0 N–H and O–H groups in total. The van der Waals surface area contributed by atoms with E-state index in [1.165, 1.54) is 23.8 Å². The molecule has 1 aliphatic heterocycles. The predicted molar refractivity (Wildman–Crippen MR) is 87.8 cm³/mol. The number of hydrogen-bond acceptors (Lipinski definition) is 4. The summed E-state index contributed by atoms with van der Waals surface area (Å²) in [6.07, 6.45) is 0.985. The van der Waals surface area contributed by atoms with Crippen LogP contribution in [0.15, 0.2) is 30.3 Å². The van der Waals surface area contributed by atoms with Gasteiger partial charge in [0.15, 0.2) is 5.69 Å². The number of likely N-dealkylation sites (tertiary alicyclic amines) is 1. The fraction of sp³-hybridized carbons (Fsp3) is 0.389. The SMILES string of the molecule is COc1ccc(C(=O)N2CC[C@H](c3ccc(C)cc3C)C2)nn1. The Bertz CT molecular complexity index is 713. The van der Waals surface area contributed by atoms with E-state index in [1.807, 2.05) is 4.90 Å². The lowest BCUT2D eigenvalue weighted by Gasteiger charge is -2.17. The van der Waals surface area contributed by atoms with E-state index in [4.69, 9.17) is 4.74 Å². The highest BCUT2D eigenvalue weighted by atomic mass is 16.5. The summed E-state index contributed by atoms with van der Waals surface area (Å²) in [6.45, 7) is 5.73. The molecule has 2 aromatic rings. The van der Waals surface area contributed by atoms with Crippen molar-refractivity contribution < 1.29 is 9.53 Å². The highest BCUT2D eigenvalue weighted by molar-refractivity contribution is 5.92. The van der Waals surface area contributed by atoms with Crippen LogP contribution in [0.25, 0.3) is 0 Å². The van der Waals surface area contributed by atoms with E-state index in [0.29, 0.717) is 17.5 Å². The van der Waals surface area contributed by atoms with Gasteiger partial charge in [0.25, 0.3) is 5.91 Å². The third kappa shape index (κ3) is 3.18. The van der Waals surface area contributed by atoms with Crippen LogP contribution in [0.5, 0.6) is 5.88 Å². The van der Waals surface area contributed by atoms with Crippen molar-refractivity contribution in [2.75, 3.05) is 20.2 Å². The normalized spacial score (nSPS) is 17.3. The lowest BCUT2D eigenvalue weighted by atomic mass is 9.93. The Morgan fingerprint density at radius 2 is 2.04 bits per heavy atom. The maximum Gasteiger partial charge on any atom is 0.274 e. The quantitative estimate of drug-likeness (QED) is 0.874. The summed E-state index contributed by atoms with van der Waals surface area (Å²) in [5.74, 6) is 0.745. The van der Waals surface area contributed by atoms with Gasteiger partial charge in [-0.1, -0.05) is 23.8 Å². The van der Waals surface area contributed by atoms with Crippen LogP contribution >= 0.6 is 0 Å². The van der Waals surface area contributed by atoms with Crippen LogP contribution < -0.4 is 4.74 Å². The molecule has 1 amide bonds. The smallest absolute Gasteiger partial charge is 0.274 e. The maximum atomic E-state index is 12.5. The number of amides is 1. The zero-order chi connectivity index (χ0) is 16.4. The second kappa shape index (κ2) is 6.36. The number of methoxy groups -OCH3 is 1. The average Bonchev–Trinajstić information content (AvgIpc) is 3.04. The van der Waals surface area contributed by atoms with Crippen LogP contribution in [0.4, 0.5) is 0 Å². The number of nitrogens with zero attached hydrogens (tertiary/aromatic N) is 3. The van der Waals surface area contributed by atoms with Crippen LogP contribution in [0.2, 0.25) is 0 Å². The van der Waals surface area contributed by atoms with Crippen molar-refractivity contribution in [1.29, 1.82) is 0 Å². The van der Waals surface area contributed by atoms with Crippen molar-refractivity contribution in [3.8, 4) is 5.88 Å². The van der Waals surface area contributed by atoms with E-state index < -0.39 is 0 Å². The van der Waals surface area contributed by atoms with Crippen molar-refractivity contribution in [2.45, 2.75) is 26.2 Å². The number of hydrogen-bond donors (Lipinski definition) is 0. The average molecular weight is 311 g/mol. The monoisotopic (exact) mass is 311 g/mol. The van der Waals surface area contributed by atoms with Gasteiger partial charge in [-0.05, 0) is 37.5 Å². The van der Waals surface area contributed by atoms with E-state index >= 15 is 0 Å². The molecule has 0 unspecified atom stereocenters. The molecule has 1 saturated heterocycles. The van der Waals surface area contributed by atoms with Crippen molar-refractivity contribution in [3.63, 3.8) is 0 Å². The molecule has 1 aromatic heterocycles. The van der Waals surface area contributed by atoms with Crippen LogP contribution in [0.3, 0.4) is 0 Å². The van der Waals surface area contributed by atoms with E-state index in [2.05, 4.69) is 42.2 Å². The highest BCUT2D eigenvalue weighted by Gasteiger charge is 2.29. The molecule has 0 aliphatic carbocycles. The first-order chi connectivity index (χ1) is 11.1. The molecular weight excluding hydrogens is 290 g/mol. The maximum absolute atomic E-state index is 12.5. The summed E-state index contributed by atoms with van der Waals surface area (Å²) in [4.78, 5) is 14.4. The molecule has 120 valence electrons. The van der Waals surface area contributed by atoms with Gasteiger partial charge in [0.1, 0.15) is 0 Å². The molecule has 1 aliphatic rings. The molecule has 5 heteroatoms. The summed E-state index contributed by atoms with van der Waals surface area (Å²) in [5.41, 5.74) is 4.28. The Hall–Kier alpha value is -2.43.